The third kappa shape index (κ3) is 4.62. The van der Waals surface area contributed by atoms with Crippen LogP contribution in [-0.4, -0.2) is 47.7 Å². The summed E-state index contributed by atoms with van der Waals surface area (Å²) in [5.74, 6) is 0.935. The van der Waals surface area contributed by atoms with E-state index in [0.717, 1.165) is 5.56 Å². The number of anilines is 2. The molecule has 0 atom stereocenters. The van der Waals surface area contributed by atoms with Gasteiger partial charge in [-0.3, -0.25) is 10.1 Å². The molecule has 12 nitrogen and oxygen atoms in total. The fraction of sp³-hybridized carbons (Fsp3) is 0.100. The Morgan fingerprint density at radius 2 is 1.88 bits per heavy atom. The van der Waals surface area contributed by atoms with Gasteiger partial charge in [0.2, 0.25) is 5.95 Å². The number of nitrogens with zero attached hydrogens (tertiary/aromatic N) is 8. The van der Waals surface area contributed by atoms with Gasteiger partial charge in [0.05, 0.1) is 22.8 Å². The van der Waals surface area contributed by atoms with E-state index in [9.17, 15) is 10.1 Å². The predicted molar refractivity (Wildman–Crippen MR) is 115 cm³/mol. The summed E-state index contributed by atoms with van der Waals surface area (Å²) < 4.78 is 1.57. The van der Waals surface area contributed by atoms with E-state index in [1.165, 1.54) is 18.6 Å². The highest BCUT2D eigenvalue weighted by Gasteiger charge is 2.12. The van der Waals surface area contributed by atoms with Gasteiger partial charge in [0.25, 0.3) is 5.69 Å². The monoisotopic (exact) mass is 428 g/mol. The molecule has 0 fully saturated rings. The number of aromatic nitrogens is 6. The van der Waals surface area contributed by atoms with Crippen molar-refractivity contribution in [3.8, 4) is 23.0 Å². The summed E-state index contributed by atoms with van der Waals surface area (Å²) in [6.45, 7) is 0.972. The number of hydrogen-bond acceptors (Lipinski definition) is 10. The van der Waals surface area contributed by atoms with Crippen molar-refractivity contribution in [2.24, 2.45) is 0 Å². The van der Waals surface area contributed by atoms with Crippen LogP contribution in [0.25, 0.3) is 16.9 Å². The van der Waals surface area contributed by atoms with Gasteiger partial charge in [0, 0.05) is 24.7 Å². The molecule has 12 heteroatoms. The lowest BCUT2D eigenvalue weighted by atomic mass is 10.1. The Morgan fingerprint density at radius 1 is 1.06 bits per heavy atom. The third-order valence-corrected chi connectivity index (χ3v) is 4.40. The molecule has 0 aliphatic carbocycles. The van der Waals surface area contributed by atoms with Gasteiger partial charge in [-0.2, -0.15) is 10.4 Å². The summed E-state index contributed by atoms with van der Waals surface area (Å²) >= 11 is 0. The number of rotatable bonds is 8. The lowest BCUT2D eigenvalue weighted by molar-refractivity contribution is -0.385. The first-order valence-electron chi connectivity index (χ1n) is 9.45. The predicted octanol–water partition coefficient (Wildman–Crippen LogP) is 2.42. The van der Waals surface area contributed by atoms with Crippen LogP contribution in [0.5, 0.6) is 0 Å². The maximum absolute atomic E-state index is 10.7. The smallest absolute Gasteiger partial charge is 0.287 e. The van der Waals surface area contributed by atoms with Crippen LogP contribution < -0.4 is 10.6 Å². The molecule has 4 rings (SSSR count). The Hall–Kier alpha value is -4.92. The second-order valence-corrected chi connectivity index (χ2v) is 6.47. The van der Waals surface area contributed by atoms with Crippen LogP contribution in [0.4, 0.5) is 17.5 Å². The average molecular weight is 428 g/mol. The van der Waals surface area contributed by atoms with Crippen LogP contribution in [0.2, 0.25) is 0 Å². The largest absolute Gasteiger partial charge is 0.368 e. The molecule has 3 heterocycles. The van der Waals surface area contributed by atoms with Gasteiger partial charge < -0.3 is 10.6 Å². The summed E-state index contributed by atoms with van der Waals surface area (Å²) in [6.07, 6.45) is 5.82. The highest BCUT2D eigenvalue weighted by Crippen LogP contribution is 2.25. The highest BCUT2D eigenvalue weighted by atomic mass is 16.6. The molecule has 0 aliphatic heterocycles. The number of hydrogen-bond donors (Lipinski definition) is 2. The van der Waals surface area contributed by atoms with Crippen molar-refractivity contribution in [2.75, 3.05) is 23.7 Å². The molecule has 0 saturated carbocycles. The lowest BCUT2D eigenvalue weighted by Crippen LogP contribution is -2.16. The number of nitrogens with one attached hydrogen (secondary N) is 2. The lowest BCUT2D eigenvalue weighted by Gasteiger charge is -2.12. The van der Waals surface area contributed by atoms with Crippen molar-refractivity contribution in [1.82, 2.24) is 29.7 Å². The Labute approximate surface area is 181 Å². The van der Waals surface area contributed by atoms with Gasteiger partial charge in [-0.1, -0.05) is 12.1 Å². The van der Waals surface area contributed by atoms with Crippen LogP contribution in [-0.2, 0) is 0 Å². The summed E-state index contributed by atoms with van der Waals surface area (Å²) in [7, 11) is 0. The van der Waals surface area contributed by atoms with E-state index in [1.807, 2.05) is 12.1 Å². The molecule has 32 heavy (non-hydrogen) atoms. The minimum Gasteiger partial charge on any atom is -0.368 e. The van der Waals surface area contributed by atoms with Crippen molar-refractivity contribution in [3.63, 3.8) is 0 Å². The van der Waals surface area contributed by atoms with Crippen LogP contribution in [0.15, 0.2) is 61.4 Å². The first-order chi connectivity index (χ1) is 15.6. The molecule has 0 saturated heterocycles. The average Bonchev–Trinajstić information content (AvgIpc) is 3.37. The fourth-order valence-electron chi connectivity index (χ4n) is 2.84. The maximum atomic E-state index is 10.7. The van der Waals surface area contributed by atoms with Crippen LogP contribution >= 0.6 is 0 Å². The van der Waals surface area contributed by atoms with E-state index in [2.05, 4.69) is 41.7 Å². The summed E-state index contributed by atoms with van der Waals surface area (Å²) in [4.78, 5) is 27.1. The molecule has 0 amide bonds. The van der Waals surface area contributed by atoms with Crippen molar-refractivity contribution < 1.29 is 4.92 Å². The second-order valence-electron chi connectivity index (χ2n) is 6.47. The zero-order valence-corrected chi connectivity index (χ0v) is 16.6. The standard InChI is InChI=1S/C20H16N10O2/c21-9-14-1-3-15(4-2-14)19-17(29-13-22-12-27-29)11-26-20(28-19)24-8-7-23-18-6-5-16(10-25-18)30(31)32/h1-6,10-13H,7-8H2,(H,23,25)(H,24,26,28). The molecule has 0 aliphatic rings. The Bertz CT molecular complexity index is 1250. The SMILES string of the molecule is N#Cc1ccc(-c2nc(NCCNc3ccc([N+](=O)[O-])cn3)ncc2-n2cncn2)cc1. The van der Waals surface area contributed by atoms with E-state index in [0.29, 0.717) is 41.8 Å². The van der Waals surface area contributed by atoms with E-state index in [-0.39, 0.29) is 5.69 Å². The van der Waals surface area contributed by atoms with Gasteiger partial charge in [0.15, 0.2) is 0 Å². The number of pyridine rings is 1. The molecule has 4 aromatic rings. The number of nitro groups is 1. The van der Waals surface area contributed by atoms with Gasteiger partial charge in [-0.15, -0.1) is 0 Å². The zero-order chi connectivity index (χ0) is 22.3. The minimum atomic E-state index is -0.496. The van der Waals surface area contributed by atoms with E-state index >= 15 is 0 Å². The van der Waals surface area contributed by atoms with E-state index < -0.39 is 4.92 Å². The Balaban J connectivity index is 1.47. The molecular formula is C20H16N10O2. The van der Waals surface area contributed by atoms with Gasteiger partial charge in [-0.25, -0.2) is 24.6 Å². The first-order valence-corrected chi connectivity index (χ1v) is 9.45. The topological polar surface area (TPSA) is 160 Å². The maximum Gasteiger partial charge on any atom is 0.287 e. The first kappa shape index (κ1) is 20.4. The Morgan fingerprint density at radius 3 is 2.53 bits per heavy atom. The van der Waals surface area contributed by atoms with Gasteiger partial charge >= 0.3 is 0 Å². The van der Waals surface area contributed by atoms with E-state index in [1.54, 1.807) is 35.4 Å². The van der Waals surface area contributed by atoms with Crippen LogP contribution in [0, 0.1) is 21.4 Å². The second kappa shape index (κ2) is 9.26. The molecule has 0 radical (unpaired) electrons. The molecule has 1 aromatic carbocycles. The minimum absolute atomic E-state index is 0.0649. The van der Waals surface area contributed by atoms with Gasteiger partial charge in [-0.05, 0) is 18.2 Å². The molecule has 0 unspecified atom stereocenters. The van der Waals surface area contributed by atoms with Crippen molar-refractivity contribution >= 4 is 17.5 Å². The van der Waals surface area contributed by atoms with Crippen molar-refractivity contribution in [1.29, 1.82) is 5.26 Å². The van der Waals surface area contributed by atoms with Crippen molar-refractivity contribution in [2.45, 2.75) is 0 Å². The zero-order valence-electron chi connectivity index (χ0n) is 16.6. The number of benzene rings is 1. The molecule has 158 valence electrons. The van der Waals surface area contributed by atoms with Crippen LogP contribution in [0.1, 0.15) is 5.56 Å². The highest BCUT2D eigenvalue weighted by molar-refractivity contribution is 5.70. The fourth-order valence-corrected chi connectivity index (χ4v) is 2.84. The summed E-state index contributed by atoms with van der Waals surface area (Å²) in [5.41, 5.74) is 2.56. The normalized spacial score (nSPS) is 10.3. The summed E-state index contributed by atoms with van der Waals surface area (Å²) in [6, 6.07) is 12.1. The molecule has 0 bridgehead atoms. The van der Waals surface area contributed by atoms with Crippen molar-refractivity contribution in [3.05, 3.63) is 77.1 Å². The Kier molecular flexibility index (Phi) is 5.89. The third-order valence-electron chi connectivity index (χ3n) is 4.40. The molecule has 0 spiro atoms. The molecule has 3 aromatic heterocycles. The molecule has 2 N–H and O–H groups in total. The molecular weight excluding hydrogens is 412 g/mol. The van der Waals surface area contributed by atoms with Crippen LogP contribution in [0.3, 0.4) is 0 Å². The quantitative estimate of drug-likeness (QED) is 0.242. The summed E-state index contributed by atoms with van der Waals surface area (Å²) in [5, 5.41) is 30.1. The van der Waals surface area contributed by atoms with Gasteiger partial charge in [0.1, 0.15) is 36.1 Å². The van der Waals surface area contributed by atoms with E-state index in [4.69, 9.17) is 5.26 Å². The number of nitriles is 1.